The standard InChI is InChI=1S/C15H21N3/c1-3-4-8-11-15(2,18-13-16-12-17-18)14-9-6-5-7-10-14/h5-7,9-10,12-13H,3-4,8,11H2,1-2H3. The molecule has 1 atom stereocenters. The Kier molecular flexibility index (Phi) is 4.13. The average molecular weight is 243 g/mol. The number of hydrogen-bond donors (Lipinski definition) is 0. The summed E-state index contributed by atoms with van der Waals surface area (Å²) in [5.74, 6) is 0. The van der Waals surface area contributed by atoms with Gasteiger partial charge in [0.25, 0.3) is 0 Å². The predicted octanol–water partition coefficient (Wildman–Crippen LogP) is 3.62. The van der Waals surface area contributed by atoms with Crippen LogP contribution in [0.25, 0.3) is 0 Å². The van der Waals surface area contributed by atoms with Gasteiger partial charge >= 0.3 is 0 Å². The van der Waals surface area contributed by atoms with Crippen molar-refractivity contribution >= 4 is 0 Å². The van der Waals surface area contributed by atoms with E-state index in [4.69, 9.17) is 0 Å². The monoisotopic (exact) mass is 243 g/mol. The molecule has 0 amide bonds. The molecule has 2 aromatic rings. The molecule has 0 N–H and O–H groups in total. The van der Waals surface area contributed by atoms with E-state index in [1.54, 1.807) is 6.33 Å². The van der Waals surface area contributed by atoms with Crippen molar-refractivity contribution in [2.24, 2.45) is 0 Å². The minimum absolute atomic E-state index is 0.0903. The minimum Gasteiger partial charge on any atom is -0.243 e. The zero-order valence-corrected chi connectivity index (χ0v) is 11.2. The van der Waals surface area contributed by atoms with E-state index in [-0.39, 0.29) is 5.54 Å². The van der Waals surface area contributed by atoms with Crippen LogP contribution in [0.4, 0.5) is 0 Å². The van der Waals surface area contributed by atoms with E-state index in [0.29, 0.717) is 0 Å². The van der Waals surface area contributed by atoms with Gasteiger partial charge < -0.3 is 0 Å². The SMILES string of the molecule is CCCCCC(C)(c1ccccc1)n1cncn1. The van der Waals surface area contributed by atoms with Crippen LogP contribution in [0, 0.1) is 0 Å². The first kappa shape index (κ1) is 12.8. The van der Waals surface area contributed by atoms with E-state index in [1.165, 1.54) is 24.8 Å². The van der Waals surface area contributed by atoms with Crippen molar-refractivity contribution in [1.29, 1.82) is 0 Å². The van der Waals surface area contributed by atoms with Crippen LogP contribution in [-0.2, 0) is 5.54 Å². The van der Waals surface area contributed by atoms with Gasteiger partial charge in [0.15, 0.2) is 0 Å². The second-order valence-corrected chi connectivity index (χ2v) is 4.94. The molecular weight excluding hydrogens is 222 g/mol. The Bertz CT molecular complexity index is 450. The van der Waals surface area contributed by atoms with Crippen molar-refractivity contribution in [3.8, 4) is 0 Å². The molecule has 1 aromatic carbocycles. The van der Waals surface area contributed by atoms with Gasteiger partial charge in [0.2, 0.25) is 0 Å². The van der Waals surface area contributed by atoms with Crippen molar-refractivity contribution in [2.75, 3.05) is 0 Å². The summed E-state index contributed by atoms with van der Waals surface area (Å²) < 4.78 is 1.98. The molecule has 0 saturated heterocycles. The van der Waals surface area contributed by atoms with E-state index in [1.807, 2.05) is 11.0 Å². The largest absolute Gasteiger partial charge is 0.243 e. The van der Waals surface area contributed by atoms with Crippen LogP contribution in [0.2, 0.25) is 0 Å². The highest BCUT2D eigenvalue weighted by molar-refractivity contribution is 5.24. The van der Waals surface area contributed by atoms with Crippen molar-refractivity contribution in [1.82, 2.24) is 14.8 Å². The van der Waals surface area contributed by atoms with Crippen LogP contribution in [0.5, 0.6) is 0 Å². The zero-order chi connectivity index (χ0) is 12.8. The van der Waals surface area contributed by atoms with Crippen LogP contribution in [0.3, 0.4) is 0 Å². The van der Waals surface area contributed by atoms with Crippen LogP contribution in [0.1, 0.15) is 45.1 Å². The third-order valence-electron chi connectivity index (χ3n) is 3.59. The molecule has 1 aromatic heterocycles. The Morgan fingerprint density at radius 3 is 2.56 bits per heavy atom. The van der Waals surface area contributed by atoms with Crippen molar-refractivity contribution in [3.05, 3.63) is 48.5 Å². The molecule has 3 heteroatoms. The molecule has 3 nitrogen and oxygen atoms in total. The summed E-state index contributed by atoms with van der Waals surface area (Å²) in [6.45, 7) is 4.47. The molecule has 0 saturated carbocycles. The summed E-state index contributed by atoms with van der Waals surface area (Å²) in [5, 5.41) is 4.35. The highest BCUT2D eigenvalue weighted by Gasteiger charge is 2.28. The lowest BCUT2D eigenvalue weighted by Gasteiger charge is -2.30. The van der Waals surface area contributed by atoms with E-state index >= 15 is 0 Å². The third-order valence-corrected chi connectivity index (χ3v) is 3.59. The first-order chi connectivity index (χ1) is 8.77. The van der Waals surface area contributed by atoms with Crippen molar-refractivity contribution < 1.29 is 0 Å². The van der Waals surface area contributed by atoms with Gasteiger partial charge in [0, 0.05) is 0 Å². The van der Waals surface area contributed by atoms with Gasteiger partial charge in [-0.1, -0.05) is 56.5 Å². The summed E-state index contributed by atoms with van der Waals surface area (Å²) in [6.07, 6.45) is 8.23. The van der Waals surface area contributed by atoms with Crippen LogP contribution < -0.4 is 0 Å². The van der Waals surface area contributed by atoms with Gasteiger partial charge in [-0.15, -0.1) is 0 Å². The fourth-order valence-electron chi connectivity index (χ4n) is 2.37. The molecule has 18 heavy (non-hydrogen) atoms. The molecule has 0 aliphatic rings. The van der Waals surface area contributed by atoms with Gasteiger partial charge in [-0.3, -0.25) is 0 Å². The molecule has 1 unspecified atom stereocenters. The van der Waals surface area contributed by atoms with E-state index < -0.39 is 0 Å². The fraction of sp³-hybridized carbons (Fsp3) is 0.467. The highest BCUT2D eigenvalue weighted by Crippen LogP contribution is 2.30. The first-order valence-electron chi connectivity index (χ1n) is 6.68. The molecule has 0 bridgehead atoms. The number of nitrogens with zero attached hydrogens (tertiary/aromatic N) is 3. The quantitative estimate of drug-likeness (QED) is 0.725. The third kappa shape index (κ3) is 2.61. The Balaban J connectivity index is 2.28. The summed E-state index contributed by atoms with van der Waals surface area (Å²) in [6, 6.07) is 10.6. The maximum Gasteiger partial charge on any atom is 0.137 e. The Morgan fingerprint density at radius 1 is 1.17 bits per heavy atom. The molecule has 0 aliphatic carbocycles. The second kappa shape index (κ2) is 5.80. The van der Waals surface area contributed by atoms with Gasteiger partial charge in [-0.25, -0.2) is 9.67 Å². The highest BCUT2D eigenvalue weighted by atomic mass is 15.3. The number of hydrogen-bond acceptors (Lipinski definition) is 2. The number of aromatic nitrogens is 3. The first-order valence-corrected chi connectivity index (χ1v) is 6.68. The van der Waals surface area contributed by atoms with E-state index in [0.717, 1.165) is 6.42 Å². The lowest BCUT2D eigenvalue weighted by Crippen LogP contribution is -2.32. The Labute approximate surface area is 109 Å². The predicted molar refractivity (Wildman–Crippen MR) is 73.4 cm³/mol. The molecule has 1 heterocycles. The normalized spacial score (nSPS) is 14.3. The number of unbranched alkanes of at least 4 members (excludes halogenated alkanes) is 2. The molecule has 0 fully saturated rings. The summed E-state index contributed by atoms with van der Waals surface area (Å²) >= 11 is 0. The Morgan fingerprint density at radius 2 is 1.94 bits per heavy atom. The minimum atomic E-state index is -0.0903. The number of benzene rings is 1. The van der Waals surface area contributed by atoms with Crippen LogP contribution in [-0.4, -0.2) is 14.8 Å². The lowest BCUT2D eigenvalue weighted by atomic mass is 9.87. The van der Waals surface area contributed by atoms with Crippen LogP contribution in [0.15, 0.2) is 43.0 Å². The maximum atomic E-state index is 4.35. The van der Waals surface area contributed by atoms with Crippen molar-refractivity contribution in [3.63, 3.8) is 0 Å². The average Bonchev–Trinajstić information content (AvgIpc) is 2.94. The fourth-order valence-corrected chi connectivity index (χ4v) is 2.37. The molecule has 96 valence electrons. The van der Waals surface area contributed by atoms with E-state index in [9.17, 15) is 0 Å². The van der Waals surface area contributed by atoms with Gasteiger partial charge in [0.05, 0.1) is 5.54 Å². The Hall–Kier alpha value is -1.64. The zero-order valence-electron chi connectivity index (χ0n) is 11.2. The summed E-state index contributed by atoms with van der Waals surface area (Å²) in [4.78, 5) is 4.09. The summed E-state index contributed by atoms with van der Waals surface area (Å²) in [7, 11) is 0. The summed E-state index contributed by atoms with van der Waals surface area (Å²) in [5.41, 5.74) is 1.21. The second-order valence-electron chi connectivity index (χ2n) is 4.94. The van der Waals surface area contributed by atoms with Gasteiger partial charge in [-0.2, -0.15) is 5.10 Å². The molecule has 0 spiro atoms. The molecular formula is C15H21N3. The van der Waals surface area contributed by atoms with Gasteiger partial charge in [-0.05, 0) is 18.9 Å². The molecule has 0 radical (unpaired) electrons. The lowest BCUT2D eigenvalue weighted by molar-refractivity contribution is 0.315. The van der Waals surface area contributed by atoms with Crippen molar-refractivity contribution in [2.45, 2.75) is 45.1 Å². The van der Waals surface area contributed by atoms with E-state index in [2.05, 4.69) is 54.3 Å². The van der Waals surface area contributed by atoms with Gasteiger partial charge in [0.1, 0.15) is 12.7 Å². The number of rotatable bonds is 6. The topological polar surface area (TPSA) is 30.7 Å². The van der Waals surface area contributed by atoms with Crippen LogP contribution >= 0.6 is 0 Å². The molecule has 0 aliphatic heterocycles. The smallest absolute Gasteiger partial charge is 0.137 e. The molecule has 2 rings (SSSR count). The maximum absolute atomic E-state index is 4.35.